The van der Waals surface area contributed by atoms with Crippen LogP contribution in [0.4, 0.5) is 0 Å². The molecule has 0 saturated heterocycles. The number of aromatic amines is 1. The number of fused-ring (bicyclic) bond motifs is 1. The van der Waals surface area contributed by atoms with Gasteiger partial charge in [0.05, 0.1) is 11.7 Å². The normalized spacial score (nSPS) is 16.0. The minimum Gasteiger partial charge on any atom is -0.344 e. The zero-order chi connectivity index (χ0) is 20.9. The van der Waals surface area contributed by atoms with Crippen molar-refractivity contribution in [2.45, 2.75) is 43.1 Å². The predicted molar refractivity (Wildman–Crippen MR) is 131 cm³/mol. The standard InChI is InChI=1S/C25H26IN3O/c1-17(20-7-3-2-4-8-20)27-25(30)24-22-10-6-5-9-21(23(22)28-29-24)15-18-11-13-19(16-26)14-12-18/h2-4,7-8,11-15,17H,5-6,9-10,16H2,1H3,(H,27,30)(H,28,29)/b21-15+/t17-/m0/s1. The molecule has 0 aliphatic heterocycles. The Kier molecular flexibility index (Phi) is 6.67. The number of H-pyrrole nitrogens is 1. The van der Waals surface area contributed by atoms with E-state index in [1.54, 1.807) is 0 Å². The number of hydrogen-bond acceptors (Lipinski definition) is 2. The number of nitrogens with zero attached hydrogens (tertiary/aromatic N) is 1. The molecule has 4 rings (SSSR count). The number of aromatic nitrogens is 2. The van der Waals surface area contributed by atoms with Gasteiger partial charge < -0.3 is 5.32 Å². The van der Waals surface area contributed by atoms with Crippen molar-refractivity contribution in [3.63, 3.8) is 0 Å². The van der Waals surface area contributed by atoms with Crippen LogP contribution in [0.5, 0.6) is 0 Å². The van der Waals surface area contributed by atoms with Crippen molar-refractivity contribution < 1.29 is 4.79 Å². The van der Waals surface area contributed by atoms with Gasteiger partial charge in [-0.25, -0.2) is 0 Å². The first kappa shape index (κ1) is 20.8. The van der Waals surface area contributed by atoms with Gasteiger partial charge in [0.1, 0.15) is 0 Å². The van der Waals surface area contributed by atoms with Gasteiger partial charge in [-0.15, -0.1) is 0 Å². The Morgan fingerprint density at radius 3 is 2.60 bits per heavy atom. The highest BCUT2D eigenvalue weighted by atomic mass is 127. The van der Waals surface area contributed by atoms with Crippen molar-refractivity contribution in [2.75, 3.05) is 0 Å². The molecular formula is C25H26IN3O. The number of allylic oxidation sites excluding steroid dienone is 1. The highest BCUT2D eigenvalue weighted by Crippen LogP contribution is 2.32. The smallest absolute Gasteiger partial charge is 0.272 e. The van der Waals surface area contributed by atoms with Crippen LogP contribution in [0, 0.1) is 0 Å². The molecule has 2 aromatic carbocycles. The number of carbonyl (C=O) groups is 1. The number of halogens is 1. The van der Waals surface area contributed by atoms with Crippen LogP contribution < -0.4 is 5.32 Å². The lowest BCUT2D eigenvalue weighted by molar-refractivity contribution is 0.0934. The molecule has 1 heterocycles. The molecule has 3 aromatic rings. The van der Waals surface area contributed by atoms with Gasteiger partial charge in [-0.2, -0.15) is 5.10 Å². The van der Waals surface area contributed by atoms with Crippen molar-refractivity contribution in [1.82, 2.24) is 15.5 Å². The fourth-order valence-corrected chi connectivity index (χ4v) is 4.45. The predicted octanol–water partition coefficient (Wildman–Crippen LogP) is 6.10. The van der Waals surface area contributed by atoms with Gasteiger partial charge in [0.25, 0.3) is 5.91 Å². The molecule has 1 amide bonds. The maximum Gasteiger partial charge on any atom is 0.272 e. The van der Waals surface area contributed by atoms with Crippen LogP contribution in [0.1, 0.15) is 70.7 Å². The third-order valence-electron chi connectivity index (χ3n) is 5.65. The van der Waals surface area contributed by atoms with Crippen LogP contribution in [0.25, 0.3) is 11.6 Å². The van der Waals surface area contributed by atoms with Crippen LogP contribution in [0.3, 0.4) is 0 Å². The lowest BCUT2D eigenvalue weighted by Gasteiger charge is -2.14. The van der Waals surface area contributed by atoms with Gasteiger partial charge in [0.15, 0.2) is 5.69 Å². The lowest BCUT2D eigenvalue weighted by atomic mass is 10.0. The van der Waals surface area contributed by atoms with Gasteiger partial charge in [0, 0.05) is 9.99 Å². The van der Waals surface area contributed by atoms with Gasteiger partial charge in [-0.3, -0.25) is 9.89 Å². The van der Waals surface area contributed by atoms with Crippen LogP contribution in [-0.4, -0.2) is 16.1 Å². The molecule has 1 aliphatic carbocycles. The summed E-state index contributed by atoms with van der Waals surface area (Å²) in [6, 6.07) is 18.6. The molecule has 0 bridgehead atoms. The fourth-order valence-electron chi connectivity index (χ4n) is 3.94. The number of rotatable bonds is 5. The van der Waals surface area contributed by atoms with Crippen molar-refractivity contribution in [1.29, 1.82) is 0 Å². The Balaban J connectivity index is 1.59. The summed E-state index contributed by atoms with van der Waals surface area (Å²) in [5, 5.41) is 10.7. The SMILES string of the molecule is C[C@H](NC(=O)c1n[nH]c2c1CCCC/C2=C\c1ccc(CI)cc1)c1ccccc1. The molecule has 154 valence electrons. The fraction of sp³-hybridized carbons (Fsp3) is 0.280. The Labute approximate surface area is 191 Å². The second kappa shape index (κ2) is 9.60. The average Bonchev–Trinajstić information content (AvgIpc) is 3.11. The van der Waals surface area contributed by atoms with E-state index in [2.05, 4.69) is 68.4 Å². The topological polar surface area (TPSA) is 57.8 Å². The summed E-state index contributed by atoms with van der Waals surface area (Å²) in [7, 11) is 0. The van der Waals surface area contributed by atoms with Crippen LogP contribution in [-0.2, 0) is 10.8 Å². The van der Waals surface area contributed by atoms with Gasteiger partial charge in [-0.1, -0.05) is 77.2 Å². The molecule has 0 radical (unpaired) electrons. The third-order valence-corrected chi connectivity index (χ3v) is 6.53. The van der Waals surface area contributed by atoms with E-state index in [1.165, 1.54) is 16.7 Å². The number of carbonyl (C=O) groups excluding carboxylic acids is 1. The molecule has 0 unspecified atom stereocenters. The second-order valence-corrected chi connectivity index (χ2v) is 8.55. The molecule has 1 aromatic heterocycles. The van der Waals surface area contributed by atoms with E-state index in [0.717, 1.165) is 46.9 Å². The third kappa shape index (κ3) is 4.67. The van der Waals surface area contributed by atoms with Crippen LogP contribution >= 0.6 is 22.6 Å². The molecule has 0 fully saturated rings. The first-order valence-corrected chi connectivity index (χ1v) is 12.0. The monoisotopic (exact) mass is 511 g/mol. The highest BCUT2D eigenvalue weighted by Gasteiger charge is 2.24. The van der Waals surface area contributed by atoms with E-state index >= 15 is 0 Å². The quantitative estimate of drug-likeness (QED) is 0.247. The van der Waals surface area contributed by atoms with E-state index in [9.17, 15) is 4.79 Å². The first-order chi connectivity index (χ1) is 14.7. The van der Waals surface area contributed by atoms with E-state index in [4.69, 9.17) is 0 Å². The Morgan fingerprint density at radius 2 is 1.87 bits per heavy atom. The van der Waals surface area contributed by atoms with Crippen molar-refractivity contribution in [3.8, 4) is 0 Å². The Morgan fingerprint density at radius 1 is 1.13 bits per heavy atom. The second-order valence-electron chi connectivity index (χ2n) is 7.78. The Hall–Kier alpha value is -2.41. The number of amides is 1. The number of hydrogen-bond donors (Lipinski definition) is 2. The zero-order valence-corrected chi connectivity index (χ0v) is 19.3. The summed E-state index contributed by atoms with van der Waals surface area (Å²) in [4.78, 5) is 13.0. The van der Waals surface area contributed by atoms with Crippen LogP contribution in [0.2, 0.25) is 0 Å². The van der Waals surface area contributed by atoms with E-state index in [-0.39, 0.29) is 11.9 Å². The van der Waals surface area contributed by atoms with Gasteiger partial charge in [0.2, 0.25) is 0 Å². The first-order valence-electron chi connectivity index (χ1n) is 10.4. The molecule has 5 heteroatoms. The number of alkyl halides is 1. The van der Waals surface area contributed by atoms with E-state index < -0.39 is 0 Å². The average molecular weight is 511 g/mol. The molecule has 1 atom stereocenters. The summed E-state index contributed by atoms with van der Waals surface area (Å²) < 4.78 is 1.01. The zero-order valence-electron chi connectivity index (χ0n) is 17.1. The molecule has 2 N–H and O–H groups in total. The van der Waals surface area contributed by atoms with Gasteiger partial charge in [-0.05, 0) is 60.9 Å². The van der Waals surface area contributed by atoms with Gasteiger partial charge >= 0.3 is 0 Å². The largest absolute Gasteiger partial charge is 0.344 e. The lowest BCUT2D eigenvalue weighted by Crippen LogP contribution is -2.27. The van der Waals surface area contributed by atoms with Crippen LogP contribution in [0.15, 0.2) is 54.6 Å². The summed E-state index contributed by atoms with van der Waals surface area (Å²) in [6.45, 7) is 2.00. The molecule has 30 heavy (non-hydrogen) atoms. The molecule has 1 aliphatic rings. The molecular weight excluding hydrogens is 485 g/mol. The molecule has 0 spiro atoms. The number of benzene rings is 2. The maximum atomic E-state index is 13.0. The maximum absolute atomic E-state index is 13.0. The number of nitrogens with one attached hydrogen (secondary N) is 2. The van der Waals surface area contributed by atoms with Crippen molar-refractivity contribution in [2.24, 2.45) is 0 Å². The minimum absolute atomic E-state index is 0.0664. The molecule has 0 saturated carbocycles. The minimum atomic E-state index is -0.114. The Bertz CT molecular complexity index is 1040. The van der Waals surface area contributed by atoms with E-state index in [0.29, 0.717) is 5.69 Å². The summed E-state index contributed by atoms with van der Waals surface area (Å²) in [5.41, 5.74) is 7.41. The molecule has 4 nitrogen and oxygen atoms in total. The van der Waals surface area contributed by atoms with Crippen molar-refractivity contribution in [3.05, 3.63) is 88.2 Å². The summed E-state index contributed by atoms with van der Waals surface area (Å²) >= 11 is 2.38. The van der Waals surface area contributed by atoms with E-state index in [1.807, 2.05) is 37.3 Å². The highest BCUT2D eigenvalue weighted by molar-refractivity contribution is 14.1. The summed E-state index contributed by atoms with van der Waals surface area (Å²) in [6.07, 6.45) is 6.27. The summed E-state index contributed by atoms with van der Waals surface area (Å²) in [5.74, 6) is -0.114. The van der Waals surface area contributed by atoms with Crippen molar-refractivity contribution >= 4 is 40.1 Å².